The van der Waals surface area contributed by atoms with Gasteiger partial charge in [0, 0.05) is 25.3 Å². The van der Waals surface area contributed by atoms with Crippen molar-refractivity contribution in [2.45, 2.75) is 50.6 Å². The summed E-state index contributed by atoms with van der Waals surface area (Å²) in [6.45, 7) is 5.19. The van der Waals surface area contributed by atoms with E-state index in [2.05, 4.69) is 6.92 Å². The van der Waals surface area contributed by atoms with Crippen molar-refractivity contribution in [2.24, 2.45) is 5.14 Å². The molecule has 0 saturated carbocycles. The van der Waals surface area contributed by atoms with Gasteiger partial charge >= 0.3 is 0 Å². The van der Waals surface area contributed by atoms with Crippen molar-refractivity contribution in [3.8, 4) is 0 Å². The molecule has 0 bridgehead atoms. The number of likely N-dealkylation sites (tertiary alicyclic amines) is 1. The summed E-state index contributed by atoms with van der Waals surface area (Å²) in [5.41, 5.74) is 0.400. The molecule has 2 rings (SSSR count). The van der Waals surface area contributed by atoms with E-state index >= 15 is 0 Å². The van der Waals surface area contributed by atoms with Gasteiger partial charge in [0.25, 0.3) is 5.91 Å². The van der Waals surface area contributed by atoms with Crippen LogP contribution >= 0.6 is 0 Å². The Balaban J connectivity index is 2.37. The SMILES string of the molecule is CCC1CCCN1C(=O)c1cc(S(N)(=O)=O)cn1CC. The predicted octanol–water partition coefficient (Wildman–Crippen LogP) is 1.17. The van der Waals surface area contributed by atoms with E-state index in [1.807, 2.05) is 11.8 Å². The summed E-state index contributed by atoms with van der Waals surface area (Å²) in [5, 5.41) is 5.13. The fraction of sp³-hybridized carbons (Fsp3) is 0.615. The quantitative estimate of drug-likeness (QED) is 0.905. The first-order valence-electron chi connectivity index (χ1n) is 6.92. The van der Waals surface area contributed by atoms with Gasteiger partial charge in [-0.3, -0.25) is 4.79 Å². The molecule has 1 aromatic rings. The van der Waals surface area contributed by atoms with Gasteiger partial charge in [-0.1, -0.05) is 6.92 Å². The van der Waals surface area contributed by atoms with E-state index in [-0.39, 0.29) is 16.8 Å². The molecule has 1 unspecified atom stereocenters. The minimum absolute atomic E-state index is 0.00468. The number of carbonyl (C=O) groups excluding carboxylic acids is 1. The number of nitrogens with two attached hydrogens (primary N) is 1. The smallest absolute Gasteiger partial charge is 0.270 e. The number of rotatable bonds is 4. The lowest BCUT2D eigenvalue weighted by Gasteiger charge is -2.24. The molecule has 1 aromatic heterocycles. The van der Waals surface area contributed by atoms with Crippen LogP contribution in [0.25, 0.3) is 0 Å². The molecule has 1 saturated heterocycles. The lowest BCUT2D eigenvalue weighted by atomic mass is 10.1. The summed E-state index contributed by atoms with van der Waals surface area (Å²) in [6.07, 6.45) is 4.36. The summed E-state index contributed by atoms with van der Waals surface area (Å²) in [4.78, 5) is 14.4. The molecule has 0 aliphatic carbocycles. The predicted molar refractivity (Wildman–Crippen MR) is 75.8 cm³/mol. The van der Waals surface area contributed by atoms with Crippen LogP contribution in [0.1, 0.15) is 43.6 Å². The number of sulfonamides is 1. The van der Waals surface area contributed by atoms with Crippen LogP contribution in [-0.4, -0.2) is 36.4 Å². The van der Waals surface area contributed by atoms with Crippen molar-refractivity contribution in [2.75, 3.05) is 6.54 Å². The van der Waals surface area contributed by atoms with E-state index in [1.165, 1.54) is 12.3 Å². The first kappa shape index (κ1) is 15.1. The Morgan fingerprint density at radius 1 is 1.45 bits per heavy atom. The largest absolute Gasteiger partial charge is 0.342 e. The number of hydrogen-bond acceptors (Lipinski definition) is 3. The molecule has 0 spiro atoms. The van der Waals surface area contributed by atoms with Gasteiger partial charge in [-0.15, -0.1) is 0 Å². The van der Waals surface area contributed by atoms with Crippen LogP contribution in [0.2, 0.25) is 0 Å². The Bertz CT molecular complexity index is 606. The Morgan fingerprint density at radius 3 is 2.70 bits per heavy atom. The second-order valence-corrected chi connectivity index (χ2v) is 6.66. The molecular formula is C13H21N3O3S. The zero-order chi connectivity index (χ0) is 14.9. The average molecular weight is 299 g/mol. The van der Waals surface area contributed by atoms with Crippen LogP contribution in [0.15, 0.2) is 17.2 Å². The van der Waals surface area contributed by atoms with Crippen molar-refractivity contribution in [3.63, 3.8) is 0 Å². The minimum atomic E-state index is -3.78. The Labute approximate surface area is 119 Å². The van der Waals surface area contributed by atoms with Crippen molar-refractivity contribution in [3.05, 3.63) is 18.0 Å². The maximum atomic E-state index is 12.6. The average Bonchev–Trinajstić information content (AvgIpc) is 3.03. The Hall–Kier alpha value is -1.34. The first-order chi connectivity index (χ1) is 9.38. The van der Waals surface area contributed by atoms with Gasteiger partial charge in [-0.2, -0.15) is 0 Å². The number of amides is 1. The highest BCUT2D eigenvalue weighted by Gasteiger charge is 2.30. The standard InChI is InChI=1S/C13H21N3O3S/c1-3-10-6-5-7-16(10)13(17)12-8-11(20(14,18)19)9-15(12)4-2/h8-10H,3-7H2,1-2H3,(H2,14,18,19). The molecule has 112 valence electrons. The zero-order valence-corrected chi connectivity index (χ0v) is 12.7. The maximum absolute atomic E-state index is 12.6. The van der Waals surface area contributed by atoms with Gasteiger partial charge in [0.15, 0.2) is 0 Å². The summed E-state index contributed by atoms with van der Waals surface area (Å²) in [7, 11) is -3.78. The number of aromatic nitrogens is 1. The number of hydrogen-bond donors (Lipinski definition) is 1. The van der Waals surface area contributed by atoms with Crippen molar-refractivity contribution < 1.29 is 13.2 Å². The second kappa shape index (κ2) is 5.57. The van der Waals surface area contributed by atoms with E-state index in [0.717, 1.165) is 25.8 Å². The third-order valence-corrected chi connectivity index (χ3v) is 4.75. The summed E-state index contributed by atoms with van der Waals surface area (Å²) in [6, 6.07) is 1.63. The number of aryl methyl sites for hydroxylation is 1. The van der Waals surface area contributed by atoms with Crippen LogP contribution < -0.4 is 5.14 Å². The fourth-order valence-electron chi connectivity index (χ4n) is 2.75. The number of nitrogens with zero attached hydrogens (tertiary/aromatic N) is 2. The summed E-state index contributed by atoms with van der Waals surface area (Å²) < 4.78 is 24.5. The van der Waals surface area contributed by atoms with E-state index in [1.54, 1.807) is 4.57 Å². The van der Waals surface area contributed by atoms with Crippen LogP contribution in [-0.2, 0) is 16.6 Å². The molecule has 1 amide bonds. The van der Waals surface area contributed by atoms with Crippen LogP contribution in [0.3, 0.4) is 0 Å². The van der Waals surface area contributed by atoms with Crippen molar-refractivity contribution in [1.82, 2.24) is 9.47 Å². The first-order valence-corrected chi connectivity index (χ1v) is 8.47. The van der Waals surface area contributed by atoms with E-state index in [9.17, 15) is 13.2 Å². The van der Waals surface area contributed by atoms with Gasteiger partial charge in [-0.05, 0) is 32.3 Å². The highest BCUT2D eigenvalue weighted by Crippen LogP contribution is 2.24. The molecule has 1 atom stereocenters. The van der Waals surface area contributed by atoms with Gasteiger partial charge in [-0.25, -0.2) is 13.6 Å². The lowest BCUT2D eigenvalue weighted by Crippen LogP contribution is -2.36. The molecule has 1 aliphatic heterocycles. The fourth-order valence-corrected chi connectivity index (χ4v) is 3.30. The minimum Gasteiger partial charge on any atom is -0.342 e. The highest BCUT2D eigenvalue weighted by molar-refractivity contribution is 7.89. The highest BCUT2D eigenvalue weighted by atomic mass is 32.2. The summed E-state index contributed by atoms with van der Waals surface area (Å²) in [5.74, 6) is -0.105. The number of primary sulfonamides is 1. The molecule has 0 radical (unpaired) electrons. The third-order valence-electron chi connectivity index (χ3n) is 3.87. The molecule has 7 heteroatoms. The normalized spacial score (nSPS) is 19.6. The van der Waals surface area contributed by atoms with E-state index < -0.39 is 10.0 Å². The molecule has 2 N–H and O–H groups in total. The molecule has 0 aromatic carbocycles. The molecule has 6 nitrogen and oxygen atoms in total. The molecular weight excluding hydrogens is 278 g/mol. The maximum Gasteiger partial charge on any atom is 0.270 e. The van der Waals surface area contributed by atoms with Crippen LogP contribution in [0, 0.1) is 0 Å². The summed E-state index contributed by atoms with van der Waals surface area (Å²) >= 11 is 0. The van der Waals surface area contributed by atoms with Gasteiger partial charge in [0.1, 0.15) is 10.6 Å². The second-order valence-electron chi connectivity index (χ2n) is 5.09. The van der Waals surface area contributed by atoms with E-state index in [4.69, 9.17) is 5.14 Å². The van der Waals surface area contributed by atoms with Gasteiger partial charge < -0.3 is 9.47 Å². The van der Waals surface area contributed by atoms with E-state index in [0.29, 0.717) is 12.2 Å². The van der Waals surface area contributed by atoms with Crippen molar-refractivity contribution in [1.29, 1.82) is 0 Å². The Kier molecular flexibility index (Phi) is 4.19. The van der Waals surface area contributed by atoms with Crippen molar-refractivity contribution >= 4 is 15.9 Å². The molecule has 1 fully saturated rings. The van der Waals surface area contributed by atoms with Crippen LogP contribution in [0.5, 0.6) is 0 Å². The topological polar surface area (TPSA) is 85.4 Å². The number of carbonyl (C=O) groups is 1. The monoisotopic (exact) mass is 299 g/mol. The molecule has 20 heavy (non-hydrogen) atoms. The Morgan fingerprint density at radius 2 is 2.15 bits per heavy atom. The van der Waals surface area contributed by atoms with Gasteiger partial charge in [0.05, 0.1) is 0 Å². The zero-order valence-electron chi connectivity index (χ0n) is 11.9. The van der Waals surface area contributed by atoms with Gasteiger partial charge in [0.2, 0.25) is 10.0 Å². The molecule has 2 heterocycles. The lowest BCUT2D eigenvalue weighted by molar-refractivity contribution is 0.0723. The molecule has 1 aliphatic rings. The third kappa shape index (κ3) is 2.73. The van der Waals surface area contributed by atoms with Crippen LogP contribution in [0.4, 0.5) is 0 Å².